The van der Waals surface area contributed by atoms with Crippen molar-refractivity contribution in [2.24, 2.45) is 0 Å². The summed E-state index contributed by atoms with van der Waals surface area (Å²) in [5, 5.41) is 5.93. The second-order valence-electron chi connectivity index (χ2n) is 5.57. The summed E-state index contributed by atoms with van der Waals surface area (Å²) in [5.41, 5.74) is 1.36. The molecule has 1 atom stereocenters. The normalized spacial score (nSPS) is 13.3. The predicted octanol–water partition coefficient (Wildman–Crippen LogP) is 5.63. The van der Waals surface area contributed by atoms with Crippen molar-refractivity contribution in [1.29, 1.82) is 0 Å². The number of hydrogen-bond acceptors (Lipinski definition) is 3. The molecule has 0 aliphatic carbocycles. The van der Waals surface area contributed by atoms with Gasteiger partial charge in [0.25, 0.3) is 0 Å². The van der Waals surface area contributed by atoms with Gasteiger partial charge in [-0.25, -0.2) is 4.39 Å². The van der Waals surface area contributed by atoms with Crippen LogP contribution in [-0.2, 0) is 5.72 Å². The van der Waals surface area contributed by atoms with Gasteiger partial charge in [-0.15, -0.1) is 23.7 Å². The number of nitrogens with one attached hydrogen (secondary N) is 1. The van der Waals surface area contributed by atoms with Crippen LogP contribution in [-0.4, -0.2) is 7.05 Å². The molecule has 5 heteroatoms. The molecule has 3 aromatic rings. The summed E-state index contributed by atoms with van der Waals surface area (Å²) in [5.74, 6) is 0.511. The molecule has 1 N–H and O–H groups in total. The zero-order valence-electron chi connectivity index (χ0n) is 13.9. The summed E-state index contributed by atoms with van der Waals surface area (Å²) in [6.07, 6.45) is 0.747. The van der Waals surface area contributed by atoms with Gasteiger partial charge < -0.3 is 4.74 Å². The third-order valence-electron chi connectivity index (χ3n) is 4.24. The first-order valence-corrected chi connectivity index (χ1v) is 8.59. The van der Waals surface area contributed by atoms with E-state index >= 15 is 0 Å². The SMILES string of the molecule is CC[C@@](NC)(Oc1ccc(F)c2c(C)csc12)c1ccccc1.Cl. The summed E-state index contributed by atoms with van der Waals surface area (Å²) >= 11 is 1.52. The smallest absolute Gasteiger partial charge is 0.186 e. The van der Waals surface area contributed by atoms with Crippen molar-refractivity contribution in [3.8, 4) is 5.75 Å². The number of benzene rings is 2. The maximum atomic E-state index is 14.1. The molecule has 0 saturated heterocycles. The zero-order valence-corrected chi connectivity index (χ0v) is 15.6. The average molecular weight is 366 g/mol. The van der Waals surface area contributed by atoms with Crippen LogP contribution in [0.1, 0.15) is 24.5 Å². The van der Waals surface area contributed by atoms with Crippen molar-refractivity contribution in [2.75, 3.05) is 7.05 Å². The summed E-state index contributed by atoms with van der Waals surface area (Å²) in [7, 11) is 1.89. The number of aryl methyl sites for hydroxylation is 1. The van der Waals surface area contributed by atoms with Crippen molar-refractivity contribution in [1.82, 2.24) is 5.32 Å². The molecule has 3 rings (SSSR count). The van der Waals surface area contributed by atoms with Crippen LogP contribution < -0.4 is 10.1 Å². The van der Waals surface area contributed by atoms with E-state index in [0.29, 0.717) is 11.1 Å². The highest BCUT2D eigenvalue weighted by molar-refractivity contribution is 7.17. The minimum atomic E-state index is -0.635. The molecule has 2 nitrogen and oxygen atoms in total. The number of ether oxygens (including phenoxy) is 1. The van der Waals surface area contributed by atoms with Gasteiger partial charge in [-0.1, -0.05) is 37.3 Å². The number of halogens is 2. The molecule has 24 heavy (non-hydrogen) atoms. The zero-order chi connectivity index (χ0) is 16.4. The standard InChI is InChI=1S/C19H20FNOS.ClH/c1-4-19(21-3,14-8-6-5-7-9-14)22-16-11-10-15(20)17-13(2)12-23-18(16)17;/h5-12,21H,4H2,1-3H3;1H/t19-;/m1./s1. The van der Waals surface area contributed by atoms with Crippen LogP contribution in [0, 0.1) is 12.7 Å². The molecule has 1 aromatic heterocycles. The highest BCUT2D eigenvalue weighted by Gasteiger charge is 2.31. The van der Waals surface area contributed by atoms with E-state index in [2.05, 4.69) is 12.2 Å². The maximum Gasteiger partial charge on any atom is 0.186 e. The third-order valence-corrected chi connectivity index (χ3v) is 5.36. The Labute approximate surface area is 152 Å². The molecule has 0 fully saturated rings. The van der Waals surface area contributed by atoms with Gasteiger partial charge in [0, 0.05) is 17.4 Å². The Hall–Kier alpha value is -1.62. The molecule has 128 valence electrons. The molecular weight excluding hydrogens is 345 g/mol. The lowest BCUT2D eigenvalue weighted by Crippen LogP contribution is -2.45. The topological polar surface area (TPSA) is 21.3 Å². The van der Waals surface area contributed by atoms with E-state index in [0.717, 1.165) is 22.2 Å². The van der Waals surface area contributed by atoms with E-state index in [1.807, 2.05) is 49.7 Å². The van der Waals surface area contributed by atoms with E-state index in [1.165, 1.54) is 17.4 Å². The number of hydrogen-bond donors (Lipinski definition) is 1. The van der Waals surface area contributed by atoms with Gasteiger partial charge in [0.05, 0.1) is 4.70 Å². The van der Waals surface area contributed by atoms with Crippen molar-refractivity contribution in [3.05, 3.63) is 64.8 Å². The Bertz CT molecular complexity index is 815. The van der Waals surface area contributed by atoms with Crippen LogP contribution in [0.15, 0.2) is 47.8 Å². The Morgan fingerprint density at radius 1 is 1.17 bits per heavy atom. The number of fused-ring (bicyclic) bond motifs is 1. The summed E-state index contributed by atoms with van der Waals surface area (Å²) in [4.78, 5) is 0. The van der Waals surface area contributed by atoms with Crippen molar-refractivity contribution >= 4 is 33.8 Å². The largest absolute Gasteiger partial charge is 0.467 e. The predicted molar refractivity (Wildman–Crippen MR) is 102 cm³/mol. The first-order valence-electron chi connectivity index (χ1n) is 7.71. The van der Waals surface area contributed by atoms with Gasteiger partial charge in [0.2, 0.25) is 0 Å². The van der Waals surface area contributed by atoms with Crippen molar-refractivity contribution < 1.29 is 9.13 Å². The summed E-state index contributed by atoms with van der Waals surface area (Å²) in [6.45, 7) is 4.00. The monoisotopic (exact) mass is 365 g/mol. The van der Waals surface area contributed by atoms with Gasteiger partial charge in [-0.05, 0) is 37.0 Å². The van der Waals surface area contributed by atoms with Gasteiger partial charge in [0.15, 0.2) is 5.72 Å². The second kappa shape index (κ2) is 7.51. The quantitative estimate of drug-likeness (QED) is 0.591. The molecule has 0 unspecified atom stereocenters. The molecule has 0 aliphatic heterocycles. The maximum absolute atomic E-state index is 14.1. The fourth-order valence-corrected chi connectivity index (χ4v) is 3.93. The lowest BCUT2D eigenvalue weighted by atomic mass is 10.00. The van der Waals surface area contributed by atoms with Crippen LogP contribution in [0.25, 0.3) is 10.1 Å². The van der Waals surface area contributed by atoms with E-state index in [1.54, 1.807) is 6.07 Å². The van der Waals surface area contributed by atoms with E-state index in [4.69, 9.17) is 4.74 Å². The molecule has 0 bridgehead atoms. The van der Waals surface area contributed by atoms with Crippen LogP contribution in [0.5, 0.6) is 5.75 Å². The van der Waals surface area contributed by atoms with Crippen LogP contribution >= 0.6 is 23.7 Å². The number of rotatable bonds is 5. The van der Waals surface area contributed by atoms with Crippen molar-refractivity contribution in [2.45, 2.75) is 26.0 Å². The first-order chi connectivity index (χ1) is 11.1. The molecule has 0 amide bonds. The number of thiophene rings is 1. The molecule has 1 heterocycles. The highest BCUT2D eigenvalue weighted by Crippen LogP contribution is 2.39. The van der Waals surface area contributed by atoms with E-state index in [9.17, 15) is 4.39 Å². The minimum absolute atomic E-state index is 0. The fraction of sp³-hybridized carbons (Fsp3) is 0.263. The summed E-state index contributed by atoms with van der Waals surface area (Å²) in [6, 6.07) is 13.3. The first kappa shape index (κ1) is 18.7. The molecule has 0 saturated carbocycles. The molecule has 0 spiro atoms. The Morgan fingerprint density at radius 2 is 1.88 bits per heavy atom. The van der Waals surface area contributed by atoms with E-state index < -0.39 is 5.72 Å². The molecule has 0 aliphatic rings. The highest BCUT2D eigenvalue weighted by atomic mass is 35.5. The van der Waals surface area contributed by atoms with Crippen LogP contribution in [0.3, 0.4) is 0 Å². The lowest BCUT2D eigenvalue weighted by Gasteiger charge is -2.34. The van der Waals surface area contributed by atoms with Gasteiger partial charge in [-0.3, -0.25) is 5.32 Å². The van der Waals surface area contributed by atoms with Gasteiger partial charge >= 0.3 is 0 Å². The molecule has 0 radical (unpaired) electrons. The van der Waals surface area contributed by atoms with Crippen LogP contribution in [0.4, 0.5) is 4.39 Å². The van der Waals surface area contributed by atoms with Crippen LogP contribution in [0.2, 0.25) is 0 Å². The summed E-state index contributed by atoms with van der Waals surface area (Å²) < 4.78 is 21.4. The second-order valence-corrected chi connectivity index (χ2v) is 6.45. The third kappa shape index (κ3) is 3.14. The average Bonchev–Trinajstić information content (AvgIpc) is 2.99. The van der Waals surface area contributed by atoms with Crippen molar-refractivity contribution in [3.63, 3.8) is 0 Å². The Morgan fingerprint density at radius 3 is 2.50 bits per heavy atom. The Kier molecular flexibility index (Phi) is 5.86. The Balaban J connectivity index is 0.00000208. The van der Waals surface area contributed by atoms with Gasteiger partial charge in [0.1, 0.15) is 11.6 Å². The molecule has 2 aromatic carbocycles. The fourth-order valence-electron chi connectivity index (χ4n) is 2.91. The lowest BCUT2D eigenvalue weighted by molar-refractivity contribution is 0.0344. The molecular formula is C19H21ClFNOS. The van der Waals surface area contributed by atoms with E-state index in [-0.39, 0.29) is 18.2 Å². The van der Waals surface area contributed by atoms with Gasteiger partial charge in [-0.2, -0.15) is 0 Å². The minimum Gasteiger partial charge on any atom is -0.467 e.